The SMILES string of the molecule is CCc1ccc(S(=O)(=O)N[C@@H]2c3cc(C(=O)N(C)C4CCN(Cc5ccccc5)C4)ccc3OC(C)(C)[C@H]2O)cc1.CCc1ccc(S(=O)(=O)N[C@@H]2c3cc(C(=O)N(CC)C4CCN(Cc5ccccc5)C4)ccc3OC(C)(C)[C@H]2O)cc1.CCc1ccc(S(=O)(=O)N[C@@H]2c3cc(C(=O)N4CCC[C@@H]4CNc4c(C)cccc4C)ccc3OC(C)(C)[C@H]2O)cc1. The summed E-state index contributed by atoms with van der Waals surface area (Å²) in [5.41, 5.74) is 8.42. The molecule has 3 saturated heterocycles. The van der Waals surface area contributed by atoms with Gasteiger partial charge in [-0.1, -0.05) is 136 Å². The second kappa shape index (κ2) is 38.8. The van der Waals surface area contributed by atoms with Gasteiger partial charge in [0.05, 0.1) is 32.8 Å². The van der Waals surface area contributed by atoms with Crippen molar-refractivity contribution in [3.8, 4) is 17.2 Å². The Hall–Kier alpha value is -9.88. The molecule has 0 saturated carbocycles. The monoisotopic (exact) mass is 1760 g/mol. The van der Waals surface area contributed by atoms with Crippen LogP contribution in [0.4, 0.5) is 5.69 Å². The van der Waals surface area contributed by atoms with E-state index in [1.165, 1.54) is 11.1 Å². The number of likely N-dealkylation sites (N-methyl/N-ethyl adjacent to an activating group) is 2. The van der Waals surface area contributed by atoms with Crippen molar-refractivity contribution in [3.63, 3.8) is 0 Å². The summed E-state index contributed by atoms with van der Waals surface area (Å²) >= 11 is 0. The van der Waals surface area contributed by atoms with E-state index in [1.807, 2.05) is 87.0 Å². The number of aliphatic hydroxyl groups is 3. The molecule has 3 fully saturated rings. The molecule has 6 heterocycles. The molecule has 0 aliphatic carbocycles. The van der Waals surface area contributed by atoms with Gasteiger partial charge in [-0.25, -0.2) is 39.4 Å². The normalized spacial score (nSPS) is 21.8. The summed E-state index contributed by atoms with van der Waals surface area (Å²) in [7, 11) is -10.1. The second-order valence-electron chi connectivity index (χ2n) is 35.3. The molecule has 24 nitrogen and oxygen atoms in total. The minimum Gasteiger partial charge on any atom is -0.485 e. The first kappa shape index (κ1) is 92.8. The number of anilines is 1. The number of hydrogen-bond acceptors (Lipinski definition) is 18. The predicted molar refractivity (Wildman–Crippen MR) is 486 cm³/mol. The first-order valence-electron chi connectivity index (χ1n) is 43.5. The Labute approximate surface area is 737 Å². The zero-order valence-electron chi connectivity index (χ0n) is 73.8. The maximum Gasteiger partial charge on any atom is 0.254 e. The minimum atomic E-state index is -3.98. The average Bonchev–Trinajstić information content (AvgIpc) is 1.62. The lowest BCUT2D eigenvalue weighted by Gasteiger charge is -2.42. The Kier molecular flexibility index (Phi) is 28.8. The molecule has 3 amide bonds. The van der Waals surface area contributed by atoms with E-state index in [-0.39, 0.29) is 50.5 Å². The number of aliphatic hydroxyl groups excluding tert-OH is 3. The fourth-order valence-electron chi connectivity index (χ4n) is 17.7. The van der Waals surface area contributed by atoms with Gasteiger partial charge in [-0.05, 0) is 237 Å². The quantitative estimate of drug-likeness (QED) is 0.0280. The maximum absolute atomic E-state index is 13.9. The summed E-state index contributed by atoms with van der Waals surface area (Å²) in [5.74, 6) is 0.904. The molecule has 0 spiro atoms. The highest BCUT2D eigenvalue weighted by atomic mass is 32.2. The number of fused-ring (bicyclic) bond motifs is 3. The highest BCUT2D eigenvalue weighted by Crippen LogP contribution is 2.46. The van der Waals surface area contributed by atoms with Crippen molar-refractivity contribution in [2.45, 2.75) is 227 Å². The average molecular weight is 1760 g/mol. The van der Waals surface area contributed by atoms with Crippen molar-refractivity contribution in [1.29, 1.82) is 0 Å². The highest BCUT2D eigenvalue weighted by Gasteiger charge is 2.49. The van der Waals surface area contributed by atoms with Crippen LogP contribution in [0.5, 0.6) is 17.2 Å². The van der Waals surface area contributed by atoms with Crippen LogP contribution in [0.2, 0.25) is 0 Å². The number of carbonyl (C=O) groups excluding carboxylic acids is 3. The van der Waals surface area contributed by atoms with E-state index in [0.29, 0.717) is 70.3 Å². The number of sulfonamides is 3. The van der Waals surface area contributed by atoms with E-state index >= 15 is 0 Å². The van der Waals surface area contributed by atoms with Crippen LogP contribution in [-0.2, 0) is 62.4 Å². The molecule has 0 bridgehead atoms. The van der Waals surface area contributed by atoms with Gasteiger partial charge in [-0.15, -0.1) is 0 Å². The summed E-state index contributed by atoms with van der Waals surface area (Å²) < 4.78 is 107. The molecule has 125 heavy (non-hydrogen) atoms. The van der Waals surface area contributed by atoms with E-state index in [4.69, 9.17) is 14.2 Å². The predicted octanol–water partition coefficient (Wildman–Crippen LogP) is 13.8. The number of likely N-dealkylation sites (tertiary alicyclic amines) is 3. The molecular formula is C98H121N9O15S3. The van der Waals surface area contributed by atoms with Gasteiger partial charge in [0.15, 0.2) is 0 Å². The lowest BCUT2D eigenvalue weighted by molar-refractivity contribution is -0.0603. The molecule has 9 aromatic rings. The topological polar surface area (TPSA) is 306 Å². The van der Waals surface area contributed by atoms with Crippen molar-refractivity contribution in [1.82, 2.24) is 38.7 Å². The lowest BCUT2D eigenvalue weighted by atomic mass is 9.86. The van der Waals surface area contributed by atoms with E-state index in [0.717, 1.165) is 118 Å². The molecule has 27 heteroatoms. The van der Waals surface area contributed by atoms with Crippen LogP contribution < -0.4 is 33.7 Å². The van der Waals surface area contributed by atoms with E-state index < -0.39 is 83.3 Å². The van der Waals surface area contributed by atoms with Gasteiger partial charge in [-0.2, -0.15) is 0 Å². The van der Waals surface area contributed by atoms with Crippen molar-refractivity contribution in [2.24, 2.45) is 0 Å². The molecule has 666 valence electrons. The van der Waals surface area contributed by atoms with Crippen molar-refractivity contribution in [3.05, 3.63) is 279 Å². The fourth-order valence-corrected chi connectivity index (χ4v) is 21.3. The minimum absolute atomic E-state index is 0.0219. The summed E-state index contributed by atoms with van der Waals surface area (Å²) in [6.45, 7) is 29.3. The van der Waals surface area contributed by atoms with Gasteiger partial charge >= 0.3 is 0 Å². The van der Waals surface area contributed by atoms with E-state index in [1.54, 1.807) is 174 Å². The van der Waals surface area contributed by atoms with Crippen LogP contribution in [0.25, 0.3) is 0 Å². The second-order valence-corrected chi connectivity index (χ2v) is 40.4. The molecule has 2 unspecified atom stereocenters. The van der Waals surface area contributed by atoms with Crippen molar-refractivity contribution < 1.29 is 69.2 Å². The van der Waals surface area contributed by atoms with E-state index in [2.05, 4.69) is 79.5 Å². The van der Waals surface area contributed by atoms with Crippen molar-refractivity contribution in [2.75, 3.05) is 58.2 Å². The molecule has 7 N–H and O–H groups in total. The number of carbonyl (C=O) groups is 3. The summed E-state index contributed by atoms with van der Waals surface area (Å²) in [5, 5.41) is 37.4. The zero-order chi connectivity index (χ0) is 89.7. The Bertz CT molecular complexity index is 5650. The van der Waals surface area contributed by atoms with E-state index in [9.17, 15) is 55.0 Å². The molecular weight excluding hydrogens is 1640 g/mol. The van der Waals surface area contributed by atoms with Crippen LogP contribution in [0.1, 0.15) is 200 Å². The first-order valence-corrected chi connectivity index (χ1v) is 47.9. The Morgan fingerprint density at radius 3 is 1.20 bits per heavy atom. The summed E-state index contributed by atoms with van der Waals surface area (Å²) in [4.78, 5) is 51.9. The summed E-state index contributed by atoms with van der Waals surface area (Å²) in [6.07, 6.45) is 2.37. The number of hydrogen-bond donors (Lipinski definition) is 7. The van der Waals surface area contributed by atoms with Crippen LogP contribution in [-0.4, -0.2) is 189 Å². The lowest BCUT2D eigenvalue weighted by Crippen LogP contribution is -2.53. The van der Waals surface area contributed by atoms with Crippen LogP contribution in [0.15, 0.2) is 221 Å². The Morgan fingerprint density at radius 1 is 0.440 bits per heavy atom. The highest BCUT2D eigenvalue weighted by molar-refractivity contribution is 7.90. The number of ether oxygens (including phenoxy) is 3. The number of nitrogens with zero attached hydrogens (tertiary/aromatic N) is 5. The van der Waals surface area contributed by atoms with Gasteiger partial charge in [-0.3, -0.25) is 24.2 Å². The molecule has 0 radical (unpaired) electrons. The van der Waals surface area contributed by atoms with Gasteiger partial charge in [0.1, 0.15) is 52.4 Å². The van der Waals surface area contributed by atoms with Crippen molar-refractivity contribution >= 4 is 53.5 Å². The smallest absolute Gasteiger partial charge is 0.254 e. The number of rotatable bonds is 25. The molecule has 9 aromatic carbocycles. The molecule has 6 aliphatic heterocycles. The van der Waals surface area contributed by atoms with Crippen LogP contribution in [0, 0.1) is 13.8 Å². The molecule has 0 aromatic heterocycles. The number of benzene rings is 9. The maximum atomic E-state index is 13.9. The Balaban J connectivity index is 0.000000161. The van der Waals surface area contributed by atoms with Crippen LogP contribution in [0.3, 0.4) is 0 Å². The van der Waals surface area contributed by atoms with Gasteiger partial charge in [0.2, 0.25) is 30.1 Å². The zero-order valence-corrected chi connectivity index (χ0v) is 76.3. The number of para-hydroxylation sites is 1. The number of amides is 3. The third-order valence-electron chi connectivity index (χ3n) is 25.3. The van der Waals surface area contributed by atoms with Gasteiger partial charge < -0.3 is 49.5 Å². The van der Waals surface area contributed by atoms with Gasteiger partial charge in [0.25, 0.3) is 17.7 Å². The largest absolute Gasteiger partial charge is 0.485 e. The fraction of sp³-hybridized carbons (Fsp3) is 0.418. The standard InChI is InChI=1S/2C33H41N3O5S.C32H39N3O5S/c1-6-23-12-15-26(16-13-23)42(39,40)35-30-27-19-24(14-17-28(27)41-33(4,5)31(30)37)32(38)36-18-8-11-25(36)20-34-29-21(2)9-7-10-22(29)3;1-5-23-12-15-27(16-13-23)42(39,40)34-30-28-20-25(14-17-29(28)41-33(3,4)31(30)37)32(38)36(6-2)26-18-19-35(22-26)21-24-10-8-7-9-11-24;1-5-22-11-14-26(15-12-22)41(38,39)33-29-27-19-24(13-16-28(27)40-32(2,3)30(29)36)31(37)34(4)25-17-18-35(21-25)20-23-9-7-6-8-10-23/h7,9-10,12-17,19,25,30-31,34-35,37H,6,8,11,18,20H2,1-5H3;7-17,20,26,30-31,34,37H,5-6,18-19,21-22H2,1-4H3;6-16,19,25,29-30,33,36H,5,17-18,20-21H2,1-4H3/t25-,30-,31+;26?,30-,31+;25?,29-,30+/m111/s1. The molecule has 15 rings (SSSR count). The van der Waals surface area contributed by atoms with Gasteiger partial charge in [0, 0.05) is 123 Å². The Morgan fingerprint density at radius 2 is 0.808 bits per heavy atom. The third-order valence-corrected chi connectivity index (χ3v) is 29.7. The number of aryl methyl sites for hydroxylation is 5. The molecule has 9 atom stereocenters. The first-order chi connectivity index (χ1) is 59.4. The third kappa shape index (κ3) is 21.2. The number of nitrogens with one attached hydrogen (secondary N) is 4. The molecule has 6 aliphatic rings. The van der Waals surface area contributed by atoms with Crippen LogP contribution >= 0.6 is 0 Å². The summed E-state index contributed by atoms with van der Waals surface area (Å²) in [6, 6.07) is 59.3.